The number of para-hydroxylation sites is 1. The summed E-state index contributed by atoms with van der Waals surface area (Å²) >= 11 is 1.34. The molecule has 0 fully saturated rings. The van der Waals surface area contributed by atoms with Gasteiger partial charge in [-0.3, -0.25) is 0 Å². The summed E-state index contributed by atoms with van der Waals surface area (Å²) < 4.78 is 4.95. The zero-order chi connectivity index (χ0) is 18.4. The van der Waals surface area contributed by atoms with Crippen molar-refractivity contribution < 1.29 is 14.3 Å². The first-order valence-electron chi connectivity index (χ1n) is 8.06. The van der Waals surface area contributed by atoms with E-state index < -0.39 is 11.5 Å². The molecule has 0 atom stereocenters. The van der Waals surface area contributed by atoms with E-state index in [1.807, 2.05) is 51.1 Å². The van der Waals surface area contributed by atoms with E-state index >= 15 is 0 Å². The summed E-state index contributed by atoms with van der Waals surface area (Å²) in [6.07, 6.45) is 0. The van der Waals surface area contributed by atoms with Gasteiger partial charge in [0.25, 0.3) is 0 Å². The first-order valence-corrected chi connectivity index (χ1v) is 8.94. The van der Waals surface area contributed by atoms with Gasteiger partial charge in [-0.2, -0.15) is 0 Å². The Labute approximate surface area is 151 Å². The highest BCUT2D eigenvalue weighted by Gasteiger charge is 2.28. The third-order valence-corrected chi connectivity index (χ3v) is 4.24. The van der Waals surface area contributed by atoms with Gasteiger partial charge in [0, 0.05) is 16.6 Å². The fraction of sp³-hybridized carbons (Fsp3) is 0.389. The van der Waals surface area contributed by atoms with Crippen LogP contribution >= 0.6 is 11.3 Å². The Kier molecular flexibility index (Phi) is 6.14. The van der Waals surface area contributed by atoms with Gasteiger partial charge in [-0.25, -0.2) is 14.6 Å². The van der Waals surface area contributed by atoms with Crippen LogP contribution in [0.5, 0.6) is 0 Å². The molecule has 1 heterocycles. The molecule has 25 heavy (non-hydrogen) atoms. The minimum Gasteiger partial charge on any atom is -0.461 e. The number of nitrogens with one attached hydrogen (secondary N) is 1. The van der Waals surface area contributed by atoms with Crippen molar-refractivity contribution in [3.8, 4) is 0 Å². The molecular weight excluding hydrogens is 338 g/mol. The highest BCUT2D eigenvalue weighted by Crippen LogP contribution is 2.21. The maximum absolute atomic E-state index is 12.7. The van der Waals surface area contributed by atoms with E-state index in [1.54, 1.807) is 17.2 Å². The van der Waals surface area contributed by atoms with Crippen molar-refractivity contribution in [2.45, 2.75) is 39.8 Å². The van der Waals surface area contributed by atoms with Crippen molar-refractivity contribution in [1.29, 1.82) is 0 Å². The van der Waals surface area contributed by atoms with Gasteiger partial charge in [0.05, 0.1) is 13.2 Å². The van der Waals surface area contributed by atoms with Crippen molar-refractivity contribution in [2.75, 3.05) is 11.9 Å². The highest BCUT2D eigenvalue weighted by molar-refractivity contribution is 7.09. The topological polar surface area (TPSA) is 71.5 Å². The Morgan fingerprint density at radius 2 is 1.92 bits per heavy atom. The zero-order valence-corrected chi connectivity index (χ0v) is 15.7. The normalized spacial score (nSPS) is 11.0. The van der Waals surface area contributed by atoms with E-state index in [2.05, 4.69) is 10.3 Å². The standard InChI is InChI=1S/C18H23N3O3S/c1-5-24-16(22)14-12-25-15(20-14)11-21(18(2,3)4)17(23)19-13-9-7-6-8-10-13/h6-10,12H,5,11H2,1-4H3,(H,19,23). The van der Waals surface area contributed by atoms with E-state index in [9.17, 15) is 9.59 Å². The van der Waals surface area contributed by atoms with Gasteiger partial charge in [-0.15, -0.1) is 11.3 Å². The number of hydrogen-bond acceptors (Lipinski definition) is 5. The SMILES string of the molecule is CCOC(=O)c1csc(CN(C(=O)Nc2ccccc2)C(C)(C)C)n1. The Bertz CT molecular complexity index is 723. The molecule has 6 nitrogen and oxygen atoms in total. The van der Waals surface area contributed by atoms with E-state index in [0.29, 0.717) is 18.2 Å². The lowest BCUT2D eigenvalue weighted by atomic mass is 10.1. The number of ether oxygens (including phenoxy) is 1. The third kappa shape index (κ3) is 5.29. The number of rotatable bonds is 5. The number of urea groups is 1. The molecule has 0 aliphatic heterocycles. The number of anilines is 1. The number of carbonyl (C=O) groups is 2. The summed E-state index contributed by atoms with van der Waals surface area (Å²) in [5, 5.41) is 5.23. The molecule has 0 aliphatic carbocycles. The lowest BCUT2D eigenvalue weighted by molar-refractivity contribution is 0.0520. The number of benzene rings is 1. The Morgan fingerprint density at radius 3 is 2.52 bits per heavy atom. The lowest BCUT2D eigenvalue weighted by Gasteiger charge is -2.35. The quantitative estimate of drug-likeness (QED) is 0.812. The van der Waals surface area contributed by atoms with Gasteiger partial charge in [-0.05, 0) is 39.8 Å². The van der Waals surface area contributed by atoms with Gasteiger partial charge in [0.15, 0.2) is 5.69 Å². The molecule has 1 aromatic carbocycles. The van der Waals surface area contributed by atoms with Gasteiger partial charge in [-0.1, -0.05) is 18.2 Å². The average molecular weight is 361 g/mol. The number of thiazole rings is 1. The van der Waals surface area contributed by atoms with Crippen LogP contribution in [0.4, 0.5) is 10.5 Å². The second kappa shape index (κ2) is 8.11. The molecule has 0 unspecified atom stereocenters. The first kappa shape index (κ1) is 18.9. The zero-order valence-electron chi connectivity index (χ0n) is 14.9. The first-order chi connectivity index (χ1) is 11.8. The number of esters is 1. The van der Waals surface area contributed by atoms with Crippen LogP contribution in [0.15, 0.2) is 35.7 Å². The van der Waals surface area contributed by atoms with Crippen molar-refractivity contribution in [1.82, 2.24) is 9.88 Å². The molecule has 0 aliphatic rings. The predicted octanol–water partition coefficient (Wildman–Crippen LogP) is 4.15. The van der Waals surface area contributed by atoms with E-state index in [-0.39, 0.29) is 11.7 Å². The maximum Gasteiger partial charge on any atom is 0.357 e. The minimum absolute atomic E-state index is 0.216. The van der Waals surface area contributed by atoms with Crippen molar-refractivity contribution in [3.63, 3.8) is 0 Å². The number of nitrogens with zero attached hydrogens (tertiary/aromatic N) is 2. The summed E-state index contributed by atoms with van der Waals surface area (Å²) in [4.78, 5) is 30.4. The Morgan fingerprint density at radius 1 is 1.24 bits per heavy atom. The summed E-state index contributed by atoms with van der Waals surface area (Å²) in [6.45, 7) is 8.23. The molecule has 7 heteroatoms. The van der Waals surface area contributed by atoms with Gasteiger partial charge < -0.3 is 15.0 Å². The van der Waals surface area contributed by atoms with Crippen molar-refractivity contribution >= 4 is 29.0 Å². The highest BCUT2D eigenvalue weighted by atomic mass is 32.1. The monoisotopic (exact) mass is 361 g/mol. The van der Waals surface area contributed by atoms with Crippen molar-refractivity contribution in [3.05, 3.63) is 46.4 Å². The van der Waals surface area contributed by atoms with Crippen LogP contribution in [0.25, 0.3) is 0 Å². The van der Waals surface area contributed by atoms with Crippen LogP contribution in [0.2, 0.25) is 0 Å². The molecule has 0 bridgehead atoms. The van der Waals surface area contributed by atoms with E-state index in [0.717, 1.165) is 5.69 Å². The smallest absolute Gasteiger partial charge is 0.357 e. The molecular formula is C18H23N3O3S. The predicted molar refractivity (Wildman–Crippen MR) is 98.8 cm³/mol. The Balaban J connectivity index is 2.13. The average Bonchev–Trinajstić information content (AvgIpc) is 3.01. The van der Waals surface area contributed by atoms with Crippen LogP contribution in [0, 0.1) is 0 Å². The molecule has 0 radical (unpaired) electrons. The van der Waals surface area contributed by atoms with Gasteiger partial charge in [0.1, 0.15) is 5.01 Å². The number of aromatic nitrogens is 1. The molecule has 0 spiro atoms. The molecule has 134 valence electrons. The fourth-order valence-electron chi connectivity index (χ4n) is 2.14. The molecule has 1 N–H and O–H groups in total. The number of amides is 2. The summed E-state index contributed by atoms with van der Waals surface area (Å²) in [7, 11) is 0. The molecule has 0 saturated heterocycles. The van der Waals surface area contributed by atoms with Gasteiger partial charge >= 0.3 is 12.0 Å². The second-order valence-corrected chi connectivity index (χ2v) is 7.34. The van der Waals surface area contributed by atoms with E-state index in [4.69, 9.17) is 4.74 Å². The van der Waals surface area contributed by atoms with Crippen molar-refractivity contribution in [2.24, 2.45) is 0 Å². The van der Waals surface area contributed by atoms with E-state index in [1.165, 1.54) is 11.3 Å². The number of carbonyl (C=O) groups excluding carboxylic acids is 2. The summed E-state index contributed by atoms with van der Waals surface area (Å²) in [5.41, 5.74) is 0.599. The second-order valence-electron chi connectivity index (χ2n) is 6.40. The summed E-state index contributed by atoms with van der Waals surface area (Å²) in [6, 6.07) is 9.07. The third-order valence-electron chi connectivity index (χ3n) is 3.41. The van der Waals surface area contributed by atoms with Crippen LogP contribution in [0.1, 0.15) is 43.2 Å². The lowest BCUT2D eigenvalue weighted by Crippen LogP contribution is -2.47. The number of hydrogen-bond donors (Lipinski definition) is 1. The van der Waals surface area contributed by atoms with Crippen LogP contribution in [0.3, 0.4) is 0 Å². The molecule has 2 amide bonds. The maximum atomic E-state index is 12.7. The fourth-order valence-corrected chi connectivity index (χ4v) is 2.89. The molecule has 0 saturated carbocycles. The largest absolute Gasteiger partial charge is 0.461 e. The molecule has 2 aromatic rings. The van der Waals surface area contributed by atoms with Crippen LogP contribution < -0.4 is 5.32 Å². The van der Waals surface area contributed by atoms with Crippen LogP contribution in [-0.4, -0.2) is 34.0 Å². The molecule has 1 aromatic heterocycles. The van der Waals surface area contributed by atoms with Gasteiger partial charge in [0.2, 0.25) is 0 Å². The molecule has 2 rings (SSSR count). The van der Waals surface area contributed by atoms with Crippen LogP contribution in [-0.2, 0) is 11.3 Å². The Hall–Kier alpha value is -2.41. The summed E-state index contributed by atoms with van der Waals surface area (Å²) in [5.74, 6) is -0.443. The minimum atomic E-state index is -0.443.